The molecule has 1 amide bonds. The SMILES string of the molecule is CC1(C)CC(C(=O)NC2CCN(c3ncnc4[nH]ccc34)CC2O)C1. The van der Waals surface area contributed by atoms with Gasteiger partial charge in [-0.3, -0.25) is 4.79 Å². The predicted octanol–water partition coefficient (Wildman–Crippen LogP) is 1.45. The Bertz CT molecular complexity index is 779. The minimum Gasteiger partial charge on any atom is -0.389 e. The van der Waals surface area contributed by atoms with E-state index in [0.29, 0.717) is 13.0 Å². The average molecular weight is 343 g/mol. The number of piperidine rings is 1. The van der Waals surface area contributed by atoms with Gasteiger partial charge in [-0.2, -0.15) is 0 Å². The first-order valence-corrected chi connectivity index (χ1v) is 8.94. The lowest BCUT2D eigenvalue weighted by molar-refractivity contribution is -0.133. The van der Waals surface area contributed by atoms with Crippen molar-refractivity contribution < 1.29 is 9.90 Å². The van der Waals surface area contributed by atoms with E-state index in [1.165, 1.54) is 6.33 Å². The van der Waals surface area contributed by atoms with E-state index in [0.717, 1.165) is 36.2 Å². The fraction of sp³-hybridized carbons (Fsp3) is 0.611. The highest BCUT2D eigenvalue weighted by Crippen LogP contribution is 2.44. The molecule has 7 nitrogen and oxygen atoms in total. The van der Waals surface area contributed by atoms with Gasteiger partial charge in [-0.15, -0.1) is 0 Å². The van der Waals surface area contributed by atoms with E-state index in [4.69, 9.17) is 0 Å². The lowest BCUT2D eigenvalue weighted by Crippen LogP contribution is -2.56. The molecule has 1 saturated heterocycles. The zero-order valence-electron chi connectivity index (χ0n) is 14.7. The van der Waals surface area contributed by atoms with Crippen molar-refractivity contribution in [1.82, 2.24) is 20.3 Å². The van der Waals surface area contributed by atoms with Gasteiger partial charge >= 0.3 is 0 Å². The first kappa shape index (κ1) is 16.3. The van der Waals surface area contributed by atoms with Crippen LogP contribution >= 0.6 is 0 Å². The summed E-state index contributed by atoms with van der Waals surface area (Å²) in [6.07, 6.45) is 5.34. The van der Waals surface area contributed by atoms with E-state index in [1.54, 1.807) is 0 Å². The van der Waals surface area contributed by atoms with Crippen molar-refractivity contribution in [3.8, 4) is 0 Å². The lowest BCUT2D eigenvalue weighted by Gasteiger charge is -2.43. The Kier molecular flexibility index (Phi) is 3.91. The fourth-order valence-corrected chi connectivity index (χ4v) is 4.16. The monoisotopic (exact) mass is 343 g/mol. The molecule has 3 heterocycles. The molecule has 2 aliphatic rings. The van der Waals surface area contributed by atoms with Crippen LogP contribution in [0.25, 0.3) is 11.0 Å². The Morgan fingerprint density at radius 2 is 2.20 bits per heavy atom. The minimum atomic E-state index is -0.602. The second kappa shape index (κ2) is 5.98. The van der Waals surface area contributed by atoms with Crippen molar-refractivity contribution in [2.45, 2.75) is 45.3 Å². The summed E-state index contributed by atoms with van der Waals surface area (Å²) in [5.41, 5.74) is 1.07. The number of rotatable bonds is 3. The summed E-state index contributed by atoms with van der Waals surface area (Å²) in [6.45, 7) is 5.58. The van der Waals surface area contributed by atoms with Gasteiger partial charge in [0.25, 0.3) is 0 Å². The Labute approximate surface area is 146 Å². The van der Waals surface area contributed by atoms with Gasteiger partial charge in [0.15, 0.2) is 0 Å². The van der Waals surface area contributed by atoms with E-state index in [1.807, 2.05) is 12.3 Å². The number of carbonyl (C=O) groups is 1. The van der Waals surface area contributed by atoms with Gasteiger partial charge in [0.2, 0.25) is 5.91 Å². The highest BCUT2D eigenvalue weighted by Gasteiger charge is 2.41. The molecule has 1 saturated carbocycles. The molecular formula is C18H25N5O2. The number of aromatic nitrogens is 3. The number of β-amino-alcohol motifs (C(OH)–C–C–N with tert-alkyl or cyclic N) is 1. The molecule has 3 N–H and O–H groups in total. The van der Waals surface area contributed by atoms with Gasteiger partial charge in [-0.25, -0.2) is 9.97 Å². The van der Waals surface area contributed by atoms with E-state index in [2.05, 4.69) is 39.0 Å². The second-order valence-corrected chi connectivity index (χ2v) is 8.12. The maximum Gasteiger partial charge on any atom is 0.223 e. The summed E-state index contributed by atoms with van der Waals surface area (Å²) in [5.74, 6) is 1.02. The number of hydrogen-bond donors (Lipinski definition) is 3. The Balaban J connectivity index is 1.39. The first-order valence-electron chi connectivity index (χ1n) is 8.94. The number of carbonyl (C=O) groups excluding carboxylic acids is 1. The van der Waals surface area contributed by atoms with Crippen molar-refractivity contribution in [2.75, 3.05) is 18.0 Å². The van der Waals surface area contributed by atoms with Crippen LogP contribution in [-0.4, -0.2) is 51.2 Å². The van der Waals surface area contributed by atoms with Gasteiger partial charge < -0.3 is 20.3 Å². The summed E-state index contributed by atoms with van der Waals surface area (Å²) in [5, 5.41) is 14.6. The molecule has 1 aliphatic carbocycles. The summed E-state index contributed by atoms with van der Waals surface area (Å²) >= 11 is 0. The minimum absolute atomic E-state index is 0.0897. The van der Waals surface area contributed by atoms with Crippen LogP contribution in [-0.2, 0) is 4.79 Å². The third-order valence-corrected chi connectivity index (χ3v) is 5.51. The number of H-pyrrole nitrogens is 1. The third-order valence-electron chi connectivity index (χ3n) is 5.51. The van der Waals surface area contributed by atoms with Gasteiger partial charge in [0.1, 0.15) is 17.8 Å². The van der Waals surface area contributed by atoms with Crippen molar-refractivity contribution in [3.63, 3.8) is 0 Å². The van der Waals surface area contributed by atoms with Crippen LogP contribution in [0.1, 0.15) is 33.1 Å². The van der Waals surface area contributed by atoms with Gasteiger partial charge in [-0.1, -0.05) is 13.8 Å². The molecule has 7 heteroatoms. The van der Waals surface area contributed by atoms with Crippen molar-refractivity contribution in [1.29, 1.82) is 0 Å². The molecule has 134 valence electrons. The smallest absolute Gasteiger partial charge is 0.223 e. The van der Waals surface area contributed by atoms with Crippen LogP contribution in [0.5, 0.6) is 0 Å². The van der Waals surface area contributed by atoms with Crippen LogP contribution in [0.3, 0.4) is 0 Å². The number of anilines is 1. The number of amides is 1. The van der Waals surface area contributed by atoms with Crippen molar-refractivity contribution >= 4 is 22.8 Å². The number of nitrogens with one attached hydrogen (secondary N) is 2. The van der Waals surface area contributed by atoms with Gasteiger partial charge in [0.05, 0.1) is 17.5 Å². The van der Waals surface area contributed by atoms with Crippen molar-refractivity contribution in [3.05, 3.63) is 18.6 Å². The first-order chi connectivity index (χ1) is 11.9. The second-order valence-electron chi connectivity index (χ2n) is 8.12. The number of nitrogens with zero attached hydrogens (tertiary/aromatic N) is 3. The molecule has 0 bridgehead atoms. The third kappa shape index (κ3) is 3.08. The van der Waals surface area contributed by atoms with E-state index in [-0.39, 0.29) is 23.3 Å². The lowest BCUT2D eigenvalue weighted by atomic mass is 9.64. The average Bonchev–Trinajstić information content (AvgIpc) is 3.03. The highest BCUT2D eigenvalue weighted by molar-refractivity contribution is 5.87. The largest absolute Gasteiger partial charge is 0.389 e. The molecule has 0 aromatic carbocycles. The highest BCUT2D eigenvalue weighted by atomic mass is 16.3. The number of aliphatic hydroxyl groups is 1. The zero-order chi connectivity index (χ0) is 17.6. The Hall–Kier alpha value is -2.15. The Morgan fingerprint density at radius 1 is 1.40 bits per heavy atom. The number of fused-ring (bicyclic) bond motifs is 1. The van der Waals surface area contributed by atoms with Crippen LogP contribution in [0, 0.1) is 11.3 Å². The van der Waals surface area contributed by atoms with Crippen LogP contribution < -0.4 is 10.2 Å². The van der Waals surface area contributed by atoms with Crippen molar-refractivity contribution in [2.24, 2.45) is 11.3 Å². The summed E-state index contributed by atoms with van der Waals surface area (Å²) < 4.78 is 0. The number of aliphatic hydroxyl groups excluding tert-OH is 1. The fourth-order valence-electron chi connectivity index (χ4n) is 4.16. The number of hydrogen-bond acceptors (Lipinski definition) is 5. The molecule has 2 unspecified atom stereocenters. The topological polar surface area (TPSA) is 94.1 Å². The van der Waals surface area contributed by atoms with E-state index < -0.39 is 6.10 Å². The van der Waals surface area contributed by atoms with Gasteiger partial charge in [0, 0.05) is 25.2 Å². The number of aromatic amines is 1. The molecule has 2 atom stereocenters. The van der Waals surface area contributed by atoms with Crippen LogP contribution in [0.4, 0.5) is 5.82 Å². The quantitative estimate of drug-likeness (QED) is 0.784. The molecule has 2 aromatic heterocycles. The zero-order valence-corrected chi connectivity index (χ0v) is 14.7. The maximum atomic E-state index is 12.4. The molecule has 1 aliphatic heterocycles. The molecule has 2 fully saturated rings. The van der Waals surface area contributed by atoms with Crippen LogP contribution in [0.2, 0.25) is 0 Å². The molecule has 25 heavy (non-hydrogen) atoms. The summed E-state index contributed by atoms with van der Waals surface area (Å²) in [7, 11) is 0. The molecule has 2 aromatic rings. The standard InChI is InChI=1S/C18H25N5O2/c1-18(2)7-11(8-18)17(25)22-13-4-6-23(9-14(13)24)16-12-3-5-19-15(12)20-10-21-16/h3,5,10-11,13-14,24H,4,6-9H2,1-2H3,(H,22,25)(H,19,20,21). The molecule has 0 spiro atoms. The maximum absolute atomic E-state index is 12.4. The van der Waals surface area contributed by atoms with E-state index >= 15 is 0 Å². The normalized spacial score (nSPS) is 26.4. The Morgan fingerprint density at radius 3 is 2.92 bits per heavy atom. The molecule has 0 radical (unpaired) electrons. The summed E-state index contributed by atoms with van der Waals surface area (Å²) in [6, 6.07) is 1.76. The molecular weight excluding hydrogens is 318 g/mol. The predicted molar refractivity (Wildman–Crippen MR) is 95.2 cm³/mol. The van der Waals surface area contributed by atoms with E-state index in [9.17, 15) is 9.90 Å². The summed E-state index contributed by atoms with van der Waals surface area (Å²) in [4.78, 5) is 26.1. The van der Waals surface area contributed by atoms with Crippen LogP contribution in [0.15, 0.2) is 18.6 Å². The molecule has 4 rings (SSSR count). The van der Waals surface area contributed by atoms with Gasteiger partial charge in [-0.05, 0) is 30.7 Å².